The maximum atomic E-state index is 13.0. The smallest absolute Gasteiger partial charge is 0.255 e. The van der Waals surface area contributed by atoms with Gasteiger partial charge in [0, 0.05) is 37.4 Å². The van der Waals surface area contributed by atoms with Crippen LogP contribution >= 0.6 is 11.3 Å². The van der Waals surface area contributed by atoms with Crippen LogP contribution in [0.2, 0.25) is 0 Å². The molecule has 3 heterocycles. The van der Waals surface area contributed by atoms with E-state index in [1.165, 1.54) is 10.4 Å². The van der Waals surface area contributed by atoms with Crippen molar-refractivity contribution in [2.24, 2.45) is 5.41 Å². The average Bonchev–Trinajstić information content (AvgIpc) is 3.34. The van der Waals surface area contributed by atoms with Gasteiger partial charge >= 0.3 is 0 Å². The molecule has 154 valence electrons. The monoisotopic (exact) mass is 419 g/mol. The lowest BCUT2D eigenvalue weighted by Gasteiger charge is -2.41. The molecule has 0 spiro atoms. The van der Waals surface area contributed by atoms with E-state index in [1.54, 1.807) is 47.8 Å². The zero-order chi connectivity index (χ0) is 21.0. The molecule has 30 heavy (non-hydrogen) atoms. The van der Waals surface area contributed by atoms with Gasteiger partial charge < -0.3 is 10.2 Å². The van der Waals surface area contributed by atoms with Crippen molar-refractivity contribution in [3.8, 4) is 10.4 Å². The molecule has 0 saturated carbocycles. The lowest BCUT2D eigenvalue weighted by molar-refractivity contribution is -0.133. The van der Waals surface area contributed by atoms with Crippen LogP contribution in [-0.2, 0) is 11.2 Å². The minimum atomic E-state index is -0.630. The van der Waals surface area contributed by atoms with E-state index in [9.17, 15) is 9.59 Å². The second-order valence-corrected chi connectivity index (χ2v) is 8.73. The number of carbonyl (C=O) groups excluding carboxylic acids is 2. The number of aromatic nitrogens is 1. The van der Waals surface area contributed by atoms with E-state index in [-0.39, 0.29) is 11.8 Å². The SMILES string of the molecule is CNC(=O)C1(Cc2ccc(-c3cccs3)cc2)CCCN(C(=O)c2cccnc2)C1. The second kappa shape index (κ2) is 8.79. The number of pyridine rings is 1. The van der Waals surface area contributed by atoms with Crippen molar-refractivity contribution in [2.45, 2.75) is 19.3 Å². The molecule has 0 bridgehead atoms. The first-order valence-electron chi connectivity index (χ1n) is 10.2. The van der Waals surface area contributed by atoms with Crippen LogP contribution in [-0.4, -0.2) is 41.8 Å². The molecule has 1 N–H and O–H groups in total. The van der Waals surface area contributed by atoms with E-state index in [0.29, 0.717) is 25.1 Å². The van der Waals surface area contributed by atoms with Crippen molar-refractivity contribution < 1.29 is 9.59 Å². The number of hydrogen-bond donors (Lipinski definition) is 1. The van der Waals surface area contributed by atoms with Crippen molar-refractivity contribution in [3.63, 3.8) is 0 Å². The van der Waals surface area contributed by atoms with Crippen LogP contribution in [0, 0.1) is 5.41 Å². The van der Waals surface area contributed by atoms with E-state index in [2.05, 4.69) is 46.0 Å². The maximum absolute atomic E-state index is 13.0. The third-order valence-corrected chi connectivity index (χ3v) is 6.70. The first-order chi connectivity index (χ1) is 14.6. The van der Waals surface area contributed by atoms with Crippen LogP contribution in [0.3, 0.4) is 0 Å². The fourth-order valence-electron chi connectivity index (χ4n) is 4.27. The molecular weight excluding hydrogens is 394 g/mol. The van der Waals surface area contributed by atoms with E-state index in [1.807, 2.05) is 6.07 Å². The summed E-state index contributed by atoms with van der Waals surface area (Å²) in [6.07, 6.45) is 5.40. The summed E-state index contributed by atoms with van der Waals surface area (Å²) in [5.41, 5.74) is 2.22. The summed E-state index contributed by atoms with van der Waals surface area (Å²) in [5.74, 6) is -0.0716. The Morgan fingerprint density at radius 1 is 1.17 bits per heavy atom. The molecule has 1 aliphatic heterocycles. The van der Waals surface area contributed by atoms with Crippen molar-refractivity contribution >= 4 is 23.2 Å². The molecule has 1 aliphatic rings. The number of carbonyl (C=O) groups is 2. The van der Waals surface area contributed by atoms with Crippen molar-refractivity contribution in [3.05, 3.63) is 77.4 Å². The number of nitrogens with zero attached hydrogens (tertiary/aromatic N) is 2. The van der Waals surface area contributed by atoms with Crippen LogP contribution in [0.15, 0.2) is 66.3 Å². The van der Waals surface area contributed by atoms with Crippen LogP contribution in [0.1, 0.15) is 28.8 Å². The summed E-state index contributed by atoms with van der Waals surface area (Å²) in [4.78, 5) is 33.1. The predicted octanol–water partition coefficient (Wildman–Crippen LogP) is 4.02. The molecule has 1 fully saturated rings. The van der Waals surface area contributed by atoms with E-state index >= 15 is 0 Å². The number of hydrogen-bond acceptors (Lipinski definition) is 4. The minimum Gasteiger partial charge on any atom is -0.359 e. The molecule has 6 heteroatoms. The van der Waals surface area contributed by atoms with Gasteiger partial charge in [-0.25, -0.2) is 0 Å². The normalized spacial score (nSPS) is 18.8. The molecule has 0 aliphatic carbocycles. The van der Waals surface area contributed by atoms with Crippen LogP contribution in [0.5, 0.6) is 0 Å². The first kappa shape index (κ1) is 20.3. The zero-order valence-corrected chi connectivity index (χ0v) is 17.8. The Hall–Kier alpha value is -2.99. The maximum Gasteiger partial charge on any atom is 0.255 e. The topological polar surface area (TPSA) is 62.3 Å². The Morgan fingerprint density at radius 3 is 2.67 bits per heavy atom. The Labute approximate surface area is 180 Å². The number of rotatable bonds is 5. The number of thiophene rings is 1. The quantitative estimate of drug-likeness (QED) is 0.679. The van der Waals surface area contributed by atoms with Gasteiger partial charge in [0.2, 0.25) is 5.91 Å². The highest BCUT2D eigenvalue weighted by molar-refractivity contribution is 7.13. The highest BCUT2D eigenvalue weighted by Gasteiger charge is 2.43. The van der Waals surface area contributed by atoms with Gasteiger partial charge in [0.05, 0.1) is 11.0 Å². The Kier molecular flexibility index (Phi) is 5.95. The summed E-state index contributed by atoms with van der Waals surface area (Å²) in [6, 6.07) is 16.1. The van der Waals surface area contributed by atoms with E-state index < -0.39 is 5.41 Å². The minimum absolute atomic E-state index is 0.00600. The van der Waals surface area contributed by atoms with Crippen molar-refractivity contribution in [1.29, 1.82) is 0 Å². The fourth-order valence-corrected chi connectivity index (χ4v) is 5.01. The molecule has 1 saturated heterocycles. The van der Waals surface area contributed by atoms with Crippen LogP contribution < -0.4 is 5.32 Å². The summed E-state index contributed by atoms with van der Waals surface area (Å²) < 4.78 is 0. The molecule has 2 aromatic heterocycles. The highest BCUT2D eigenvalue weighted by Crippen LogP contribution is 2.35. The van der Waals surface area contributed by atoms with Crippen molar-refractivity contribution in [1.82, 2.24) is 15.2 Å². The summed E-state index contributed by atoms with van der Waals surface area (Å²) in [6.45, 7) is 1.07. The standard InChI is InChI=1S/C24H25N3O2S/c1-25-23(29)24(15-18-7-9-19(10-8-18)21-6-3-14-30-21)11-4-13-27(17-24)22(28)20-5-2-12-26-16-20/h2-3,5-10,12,14,16H,4,11,13,15,17H2,1H3,(H,25,29). The van der Waals surface area contributed by atoms with Gasteiger partial charge in [-0.05, 0) is 54.0 Å². The molecule has 1 unspecified atom stereocenters. The van der Waals surface area contributed by atoms with Crippen LogP contribution in [0.25, 0.3) is 10.4 Å². The van der Waals surface area contributed by atoms with Gasteiger partial charge in [-0.1, -0.05) is 30.3 Å². The number of benzene rings is 1. The molecule has 3 aromatic rings. The molecule has 5 nitrogen and oxygen atoms in total. The van der Waals surface area contributed by atoms with E-state index in [0.717, 1.165) is 18.4 Å². The van der Waals surface area contributed by atoms with Gasteiger partial charge in [-0.2, -0.15) is 0 Å². The van der Waals surface area contributed by atoms with Gasteiger partial charge in [0.25, 0.3) is 5.91 Å². The van der Waals surface area contributed by atoms with Gasteiger partial charge in [0.1, 0.15) is 0 Å². The van der Waals surface area contributed by atoms with E-state index in [4.69, 9.17) is 0 Å². The largest absolute Gasteiger partial charge is 0.359 e. The predicted molar refractivity (Wildman–Crippen MR) is 119 cm³/mol. The van der Waals surface area contributed by atoms with Crippen molar-refractivity contribution in [2.75, 3.05) is 20.1 Å². The average molecular weight is 420 g/mol. The molecule has 0 radical (unpaired) electrons. The Balaban J connectivity index is 1.56. The molecular formula is C24H25N3O2S. The second-order valence-electron chi connectivity index (χ2n) is 7.78. The highest BCUT2D eigenvalue weighted by atomic mass is 32.1. The summed E-state index contributed by atoms with van der Waals surface area (Å²) >= 11 is 1.71. The summed E-state index contributed by atoms with van der Waals surface area (Å²) in [5, 5.41) is 4.91. The molecule has 4 rings (SSSR count). The molecule has 1 aromatic carbocycles. The zero-order valence-electron chi connectivity index (χ0n) is 17.0. The Morgan fingerprint density at radius 2 is 2.00 bits per heavy atom. The van der Waals surface area contributed by atoms with Crippen LogP contribution in [0.4, 0.5) is 0 Å². The van der Waals surface area contributed by atoms with Gasteiger partial charge in [-0.15, -0.1) is 11.3 Å². The lowest BCUT2D eigenvalue weighted by Crippen LogP contribution is -2.54. The molecule has 2 amide bonds. The molecule has 1 atom stereocenters. The number of amides is 2. The van der Waals surface area contributed by atoms with Gasteiger partial charge in [0.15, 0.2) is 0 Å². The number of likely N-dealkylation sites (tertiary alicyclic amines) is 1. The number of nitrogens with one attached hydrogen (secondary N) is 1. The fraction of sp³-hybridized carbons (Fsp3) is 0.292. The summed E-state index contributed by atoms with van der Waals surface area (Å²) in [7, 11) is 1.67. The first-order valence-corrected chi connectivity index (χ1v) is 11.0. The third-order valence-electron chi connectivity index (χ3n) is 5.78. The lowest BCUT2D eigenvalue weighted by atomic mass is 9.74. The number of piperidine rings is 1. The Bertz CT molecular complexity index is 1000. The third kappa shape index (κ3) is 4.14. The van der Waals surface area contributed by atoms with Gasteiger partial charge in [-0.3, -0.25) is 14.6 Å².